The van der Waals surface area contributed by atoms with Crippen molar-refractivity contribution in [2.24, 2.45) is 4.99 Å². The van der Waals surface area contributed by atoms with Gasteiger partial charge in [-0.2, -0.15) is 0 Å². The van der Waals surface area contributed by atoms with Crippen LogP contribution >= 0.6 is 0 Å². The molecule has 0 unspecified atom stereocenters. The van der Waals surface area contributed by atoms with E-state index in [0.717, 1.165) is 44.6 Å². The smallest absolute Gasteiger partial charge is 0.407 e. The van der Waals surface area contributed by atoms with Crippen molar-refractivity contribution in [2.45, 2.75) is 77.5 Å². The van der Waals surface area contributed by atoms with Crippen molar-refractivity contribution in [3.8, 4) is 0 Å². The number of alkyl carbamates (subject to hydrolysis) is 1. The van der Waals surface area contributed by atoms with Crippen LogP contribution in [-0.2, 0) is 4.74 Å². The average Bonchev–Trinajstić information content (AvgIpc) is 2.47. The molecule has 1 rings (SSSR count). The first-order valence-corrected chi connectivity index (χ1v) is 9.00. The fourth-order valence-corrected chi connectivity index (χ4v) is 2.51. The largest absolute Gasteiger partial charge is 0.444 e. The van der Waals surface area contributed by atoms with E-state index in [1.54, 1.807) is 0 Å². The van der Waals surface area contributed by atoms with Crippen molar-refractivity contribution in [2.75, 3.05) is 19.6 Å². The maximum Gasteiger partial charge on any atom is 0.407 e. The number of aliphatic hydroxyl groups excluding tert-OH is 1. The van der Waals surface area contributed by atoms with Crippen LogP contribution in [0.4, 0.5) is 4.79 Å². The summed E-state index contributed by atoms with van der Waals surface area (Å²) < 4.78 is 5.18. The Bertz CT molecular complexity index is 399. The Morgan fingerprint density at radius 1 is 1.21 bits per heavy atom. The van der Waals surface area contributed by atoms with Crippen LogP contribution < -0.4 is 16.0 Å². The molecule has 1 aliphatic rings. The van der Waals surface area contributed by atoms with E-state index in [4.69, 9.17) is 4.74 Å². The van der Waals surface area contributed by atoms with Gasteiger partial charge in [0.15, 0.2) is 5.96 Å². The zero-order chi connectivity index (χ0) is 18.0. The number of aliphatic imine (C=N–C) groups is 1. The summed E-state index contributed by atoms with van der Waals surface area (Å²) in [7, 11) is 0. The third-order valence-corrected chi connectivity index (χ3v) is 3.65. The van der Waals surface area contributed by atoms with Gasteiger partial charge in [-0.3, -0.25) is 4.99 Å². The van der Waals surface area contributed by atoms with Crippen molar-refractivity contribution in [1.29, 1.82) is 0 Å². The van der Waals surface area contributed by atoms with Gasteiger partial charge in [0, 0.05) is 25.7 Å². The van der Waals surface area contributed by atoms with Gasteiger partial charge in [-0.05, 0) is 59.8 Å². The molecular formula is C17H34N4O3. The number of nitrogens with zero attached hydrogens (tertiary/aromatic N) is 1. The number of ether oxygens (including phenoxy) is 1. The molecule has 1 amide bonds. The fourth-order valence-electron chi connectivity index (χ4n) is 2.51. The second-order valence-corrected chi connectivity index (χ2v) is 7.19. The highest BCUT2D eigenvalue weighted by molar-refractivity contribution is 5.80. The Morgan fingerprint density at radius 3 is 2.46 bits per heavy atom. The Morgan fingerprint density at radius 2 is 1.88 bits per heavy atom. The van der Waals surface area contributed by atoms with E-state index in [1.807, 2.05) is 27.7 Å². The lowest BCUT2D eigenvalue weighted by Crippen LogP contribution is -2.45. The van der Waals surface area contributed by atoms with Crippen LogP contribution in [0.2, 0.25) is 0 Å². The molecule has 7 nitrogen and oxygen atoms in total. The van der Waals surface area contributed by atoms with Gasteiger partial charge in [0.25, 0.3) is 0 Å². The van der Waals surface area contributed by atoms with E-state index in [2.05, 4.69) is 20.9 Å². The number of aliphatic hydroxyl groups is 1. The number of amides is 1. The molecule has 1 fully saturated rings. The normalized spacial score (nSPS) is 22.0. The molecule has 0 heterocycles. The molecule has 0 aromatic carbocycles. The Kier molecular flexibility index (Phi) is 8.89. The van der Waals surface area contributed by atoms with Gasteiger partial charge >= 0.3 is 6.09 Å². The number of hydrogen-bond donors (Lipinski definition) is 4. The van der Waals surface area contributed by atoms with Crippen molar-refractivity contribution >= 4 is 12.1 Å². The summed E-state index contributed by atoms with van der Waals surface area (Å²) >= 11 is 0. The summed E-state index contributed by atoms with van der Waals surface area (Å²) in [6.07, 6.45) is 3.82. The van der Waals surface area contributed by atoms with Crippen LogP contribution in [0, 0.1) is 0 Å². The molecule has 0 radical (unpaired) electrons. The highest BCUT2D eigenvalue weighted by Gasteiger charge is 2.20. The topological polar surface area (TPSA) is 95.0 Å². The first-order chi connectivity index (χ1) is 11.3. The lowest BCUT2D eigenvalue weighted by Gasteiger charge is -2.27. The van der Waals surface area contributed by atoms with Crippen LogP contribution in [0.3, 0.4) is 0 Å². The van der Waals surface area contributed by atoms with Gasteiger partial charge in [0.1, 0.15) is 5.60 Å². The SMILES string of the molecule is CCNC(=NCCCNC(=O)OC(C)(C)C)NC1CCC(O)CC1. The van der Waals surface area contributed by atoms with Gasteiger partial charge in [-0.15, -0.1) is 0 Å². The highest BCUT2D eigenvalue weighted by atomic mass is 16.6. The minimum Gasteiger partial charge on any atom is -0.444 e. The molecule has 0 saturated heterocycles. The van der Waals surface area contributed by atoms with Crippen LogP contribution in [0.15, 0.2) is 4.99 Å². The summed E-state index contributed by atoms with van der Waals surface area (Å²) in [6, 6.07) is 0.367. The van der Waals surface area contributed by atoms with E-state index in [1.165, 1.54) is 0 Å². The maximum absolute atomic E-state index is 11.5. The molecule has 7 heteroatoms. The summed E-state index contributed by atoms with van der Waals surface area (Å²) in [5, 5.41) is 19.0. The first kappa shape index (κ1) is 20.5. The van der Waals surface area contributed by atoms with E-state index < -0.39 is 11.7 Å². The quantitative estimate of drug-likeness (QED) is 0.335. The number of guanidine groups is 1. The summed E-state index contributed by atoms with van der Waals surface area (Å²) in [5.74, 6) is 0.802. The summed E-state index contributed by atoms with van der Waals surface area (Å²) in [4.78, 5) is 16.1. The lowest BCUT2D eigenvalue weighted by atomic mass is 9.93. The highest BCUT2D eigenvalue weighted by Crippen LogP contribution is 2.18. The van der Waals surface area contributed by atoms with Crippen LogP contribution in [-0.4, -0.2) is 54.5 Å². The predicted octanol–water partition coefficient (Wildman–Crippen LogP) is 1.76. The van der Waals surface area contributed by atoms with Crippen molar-refractivity contribution < 1.29 is 14.6 Å². The van der Waals surface area contributed by atoms with Crippen LogP contribution in [0.1, 0.15) is 59.8 Å². The third kappa shape index (κ3) is 9.60. The van der Waals surface area contributed by atoms with Crippen molar-refractivity contribution in [3.05, 3.63) is 0 Å². The zero-order valence-electron chi connectivity index (χ0n) is 15.5. The number of carbonyl (C=O) groups excluding carboxylic acids is 1. The molecule has 4 N–H and O–H groups in total. The molecule has 0 bridgehead atoms. The molecular weight excluding hydrogens is 308 g/mol. The van der Waals surface area contributed by atoms with Crippen molar-refractivity contribution in [3.63, 3.8) is 0 Å². The number of hydrogen-bond acceptors (Lipinski definition) is 4. The second kappa shape index (κ2) is 10.4. The van der Waals surface area contributed by atoms with Gasteiger partial charge in [-0.25, -0.2) is 4.79 Å². The van der Waals surface area contributed by atoms with Crippen LogP contribution in [0.25, 0.3) is 0 Å². The number of carbonyl (C=O) groups is 1. The van der Waals surface area contributed by atoms with E-state index in [9.17, 15) is 9.90 Å². The molecule has 1 aliphatic carbocycles. The minimum absolute atomic E-state index is 0.151. The Balaban J connectivity index is 2.26. The number of nitrogens with one attached hydrogen (secondary N) is 3. The molecule has 0 atom stereocenters. The molecule has 1 saturated carbocycles. The Hall–Kier alpha value is -1.50. The summed E-state index contributed by atoms with van der Waals surface area (Å²) in [6.45, 7) is 9.53. The zero-order valence-corrected chi connectivity index (χ0v) is 15.5. The Labute approximate surface area is 145 Å². The van der Waals surface area contributed by atoms with E-state index >= 15 is 0 Å². The molecule has 0 aromatic heterocycles. The van der Waals surface area contributed by atoms with Gasteiger partial charge in [-0.1, -0.05) is 0 Å². The summed E-state index contributed by atoms with van der Waals surface area (Å²) in [5.41, 5.74) is -0.474. The molecule has 140 valence electrons. The van der Waals surface area contributed by atoms with Crippen LogP contribution in [0.5, 0.6) is 0 Å². The number of rotatable bonds is 6. The molecule has 0 aromatic rings. The monoisotopic (exact) mass is 342 g/mol. The maximum atomic E-state index is 11.5. The third-order valence-electron chi connectivity index (χ3n) is 3.65. The lowest BCUT2D eigenvalue weighted by molar-refractivity contribution is 0.0527. The first-order valence-electron chi connectivity index (χ1n) is 9.00. The van der Waals surface area contributed by atoms with Gasteiger partial charge in [0.2, 0.25) is 0 Å². The van der Waals surface area contributed by atoms with E-state index in [0.29, 0.717) is 19.1 Å². The fraction of sp³-hybridized carbons (Fsp3) is 0.882. The van der Waals surface area contributed by atoms with Crippen molar-refractivity contribution in [1.82, 2.24) is 16.0 Å². The van der Waals surface area contributed by atoms with Gasteiger partial charge in [0.05, 0.1) is 6.10 Å². The molecule has 0 spiro atoms. The molecule has 0 aliphatic heterocycles. The minimum atomic E-state index is -0.474. The van der Waals surface area contributed by atoms with Gasteiger partial charge < -0.3 is 25.8 Å². The predicted molar refractivity (Wildman–Crippen MR) is 96.2 cm³/mol. The molecule has 24 heavy (non-hydrogen) atoms. The van der Waals surface area contributed by atoms with E-state index in [-0.39, 0.29) is 6.10 Å². The standard InChI is InChI=1S/C17H34N4O3/c1-5-18-15(21-13-7-9-14(22)10-8-13)19-11-6-12-20-16(23)24-17(2,3)4/h13-14,22H,5-12H2,1-4H3,(H,20,23)(H2,18,19,21). The second-order valence-electron chi connectivity index (χ2n) is 7.19. The average molecular weight is 342 g/mol.